The molecule has 1 rings (SSSR count). The minimum absolute atomic E-state index is 1.04. The van der Waals surface area contributed by atoms with Crippen molar-refractivity contribution < 1.29 is 4.74 Å². The van der Waals surface area contributed by atoms with E-state index >= 15 is 0 Å². The van der Waals surface area contributed by atoms with E-state index in [1.165, 1.54) is 29.5 Å². The fraction of sp³-hybridized carbons (Fsp3) is 0.571. The highest BCUT2D eigenvalue weighted by atomic mass is 16.5. The van der Waals surface area contributed by atoms with Crippen LogP contribution >= 0.6 is 0 Å². The first-order valence-corrected chi connectivity index (χ1v) is 5.97. The summed E-state index contributed by atoms with van der Waals surface area (Å²) in [7, 11) is 3.75. The normalized spacial score (nSPS) is 10.5. The van der Waals surface area contributed by atoms with Crippen LogP contribution in [0.3, 0.4) is 0 Å². The highest BCUT2D eigenvalue weighted by Crippen LogP contribution is 2.25. The predicted molar refractivity (Wildman–Crippen MR) is 69.3 cm³/mol. The van der Waals surface area contributed by atoms with Crippen molar-refractivity contribution in [1.82, 2.24) is 5.32 Å². The maximum atomic E-state index is 5.45. The molecule has 0 aliphatic rings. The van der Waals surface area contributed by atoms with E-state index in [9.17, 15) is 0 Å². The van der Waals surface area contributed by atoms with Crippen molar-refractivity contribution in [3.8, 4) is 5.75 Å². The summed E-state index contributed by atoms with van der Waals surface area (Å²) in [6, 6.07) is 4.36. The molecule has 0 aromatic heterocycles. The van der Waals surface area contributed by atoms with E-state index in [1.807, 2.05) is 7.05 Å². The summed E-state index contributed by atoms with van der Waals surface area (Å²) < 4.78 is 5.45. The van der Waals surface area contributed by atoms with Crippen molar-refractivity contribution in [1.29, 1.82) is 0 Å². The topological polar surface area (TPSA) is 21.3 Å². The van der Waals surface area contributed by atoms with Crippen LogP contribution in [0.4, 0.5) is 0 Å². The molecule has 2 nitrogen and oxygen atoms in total. The first-order valence-electron chi connectivity index (χ1n) is 5.97. The summed E-state index contributed by atoms with van der Waals surface area (Å²) in [5.74, 6) is 1.04. The van der Waals surface area contributed by atoms with Gasteiger partial charge in [0.25, 0.3) is 0 Å². The summed E-state index contributed by atoms with van der Waals surface area (Å²) in [6.07, 6.45) is 3.53. The van der Waals surface area contributed by atoms with Crippen molar-refractivity contribution in [3.63, 3.8) is 0 Å². The molecule has 0 saturated carbocycles. The second kappa shape index (κ2) is 6.54. The minimum Gasteiger partial charge on any atom is -0.496 e. The van der Waals surface area contributed by atoms with Crippen LogP contribution in [0.2, 0.25) is 0 Å². The monoisotopic (exact) mass is 221 g/mol. The molecular formula is C14H23NO. The van der Waals surface area contributed by atoms with E-state index in [-0.39, 0.29) is 0 Å². The van der Waals surface area contributed by atoms with Gasteiger partial charge in [0.2, 0.25) is 0 Å². The Morgan fingerprint density at radius 3 is 2.56 bits per heavy atom. The highest BCUT2D eigenvalue weighted by molar-refractivity contribution is 5.43. The van der Waals surface area contributed by atoms with E-state index in [1.54, 1.807) is 7.11 Å². The van der Waals surface area contributed by atoms with Crippen molar-refractivity contribution in [2.75, 3.05) is 20.7 Å². The highest BCUT2D eigenvalue weighted by Gasteiger charge is 2.06. The second-order valence-corrected chi connectivity index (χ2v) is 4.32. The number of methoxy groups -OCH3 is 1. The molecule has 0 saturated heterocycles. The zero-order valence-corrected chi connectivity index (χ0v) is 10.9. The summed E-state index contributed by atoms with van der Waals surface area (Å²) in [4.78, 5) is 0. The third-order valence-corrected chi connectivity index (χ3v) is 2.90. The van der Waals surface area contributed by atoms with Gasteiger partial charge in [-0.2, -0.15) is 0 Å². The Hall–Kier alpha value is -1.02. The largest absolute Gasteiger partial charge is 0.496 e. The average molecular weight is 221 g/mol. The van der Waals surface area contributed by atoms with E-state index < -0.39 is 0 Å². The quantitative estimate of drug-likeness (QED) is 0.746. The standard InChI is InChI=1S/C14H23NO/c1-11-9-12(2)13(14(10-11)16-4)7-5-6-8-15-3/h9-10,15H,5-8H2,1-4H3. The van der Waals surface area contributed by atoms with Crippen molar-refractivity contribution in [2.24, 2.45) is 0 Å². The lowest BCUT2D eigenvalue weighted by atomic mass is 9.99. The number of rotatable bonds is 6. The first kappa shape index (κ1) is 13.0. The van der Waals surface area contributed by atoms with Crippen molar-refractivity contribution >= 4 is 0 Å². The van der Waals surface area contributed by atoms with Gasteiger partial charge >= 0.3 is 0 Å². The second-order valence-electron chi connectivity index (χ2n) is 4.32. The molecule has 0 atom stereocenters. The average Bonchev–Trinajstić information content (AvgIpc) is 2.26. The SMILES string of the molecule is CNCCCCc1c(C)cc(C)cc1OC. The molecule has 0 radical (unpaired) electrons. The van der Waals surface area contributed by atoms with Crippen molar-refractivity contribution in [2.45, 2.75) is 33.1 Å². The van der Waals surface area contributed by atoms with Gasteiger partial charge in [-0.3, -0.25) is 0 Å². The molecule has 0 amide bonds. The number of unbranched alkanes of at least 4 members (excludes halogenated alkanes) is 1. The molecule has 1 aromatic carbocycles. The lowest BCUT2D eigenvalue weighted by Gasteiger charge is -2.12. The number of hydrogen-bond donors (Lipinski definition) is 1. The molecule has 1 aromatic rings. The van der Waals surface area contributed by atoms with Crippen LogP contribution in [0.1, 0.15) is 29.5 Å². The summed E-state index contributed by atoms with van der Waals surface area (Å²) in [5.41, 5.74) is 3.99. The Labute approximate surface area is 99.0 Å². The number of benzene rings is 1. The van der Waals surface area contributed by atoms with E-state index in [0.29, 0.717) is 0 Å². The molecule has 0 spiro atoms. The van der Waals surface area contributed by atoms with E-state index in [2.05, 4.69) is 31.3 Å². The van der Waals surface area contributed by atoms with Crippen LogP contribution in [0.5, 0.6) is 5.75 Å². The summed E-state index contributed by atoms with van der Waals surface area (Å²) in [6.45, 7) is 5.37. The number of aryl methyl sites for hydroxylation is 2. The minimum atomic E-state index is 1.04. The first-order chi connectivity index (χ1) is 7.69. The zero-order chi connectivity index (χ0) is 12.0. The van der Waals surface area contributed by atoms with Crippen LogP contribution < -0.4 is 10.1 Å². The molecule has 0 aliphatic heterocycles. The Balaban J connectivity index is 2.70. The van der Waals surface area contributed by atoms with Gasteiger partial charge in [-0.15, -0.1) is 0 Å². The Morgan fingerprint density at radius 2 is 1.94 bits per heavy atom. The lowest BCUT2D eigenvalue weighted by molar-refractivity contribution is 0.408. The maximum Gasteiger partial charge on any atom is 0.122 e. The van der Waals surface area contributed by atoms with Crippen LogP contribution in [0.25, 0.3) is 0 Å². The van der Waals surface area contributed by atoms with Gasteiger partial charge in [0.1, 0.15) is 5.75 Å². The van der Waals surface area contributed by atoms with Crippen LogP contribution in [-0.2, 0) is 6.42 Å². The maximum absolute atomic E-state index is 5.45. The van der Waals surface area contributed by atoms with Gasteiger partial charge in [0.05, 0.1) is 7.11 Å². The summed E-state index contributed by atoms with van der Waals surface area (Å²) in [5, 5.41) is 3.18. The molecule has 0 unspecified atom stereocenters. The van der Waals surface area contributed by atoms with Crippen LogP contribution in [-0.4, -0.2) is 20.7 Å². The zero-order valence-electron chi connectivity index (χ0n) is 10.9. The van der Waals surface area contributed by atoms with Gasteiger partial charge < -0.3 is 10.1 Å². The predicted octanol–water partition coefficient (Wildman–Crippen LogP) is 2.85. The van der Waals surface area contributed by atoms with Crippen LogP contribution in [0.15, 0.2) is 12.1 Å². The fourth-order valence-electron chi connectivity index (χ4n) is 2.06. The molecule has 16 heavy (non-hydrogen) atoms. The van der Waals surface area contributed by atoms with Gasteiger partial charge in [0.15, 0.2) is 0 Å². The molecule has 0 heterocycles. The number of ether oxygens (including phenoxy) is 1. The van der Waals surface area contributed by atoms with Crippen LogP contribution in [0, 0.1) is 13.8 Å². The Bertz CT molecular complexity index is 334. The Kier molecular flexibility index (Phi) is 5.33. The third-order valence-electron chi connectivity index (χ3n) is 2.90. The van der Waals surface area contributed by atoms with Gasteiger partial charge in [0, 0.05) is 0 Å². The smallest absolute Gasteiger partial charge is 0.122 e. The van der Waals surface area contributed by atoms with Gasteiger partial charge in [-0.25, -0.2) is 0 Å². The molecule has 0 bridgehead atoms. The fourth-order valence-corrected chi connectivity index (χ4v) is 2.06. The molecule has 2 heteroatoms. The van der Waals surface area contributed by atoms with Gasteiger partial charge in [-0.05, 0) is 69.5 Å². The van der Waals surface area contributed by atoms with E-state index in [0.717, 1.165) is 18.7 Å². The van der Waals surface area contributed by atoms with Crippen molar-refractivity contribution in [3.05, 3.63) is 28.8 Å². The Morgan fingerprint density at radius 1 is 1.19 bits per heavy atom. The lowest BCUT2D eigenvalue weighted by Crippen LogP contribution is -2.08. The third kappa shape index (κ3) is 3.53. The molecule has 90 valence electrons. The number of nitrogens with one attached hydrogen (secondary N) is 1. The number of hydrogen-bond acceptors (Lipinski definition) is 2. The molecular weight excluding hydrogens is 198 g/mol. The summed E-state index contributed by atoms with van der Waals surface area (Å²) >= 11 is 0. The molecule has 0 aliphatic carbocycles. The van der Waals surface area contributed by atoms with E-state index in [4.69, 9.17) is 4.74 Å². The molecule has 1 N–H and O–H groups in total. The van der Waals surface area contributed by atoms with Gasteiger partial charge in [-0.1, -0.05) is 6.07 Å². The molecule has 0 fully saturated rings.